The van der Waals surface area contributed by atoms with Crippen LogP contribution >= 0.6 is 11.8 Å². The zero-order chi connectivity index (χ0) is 11.1. The van der Waals surface area contributed by atoms with Crippen LogP contribution in [0.5, 0.6) is 0 Å². The molecular formula is C11H19N3S. The second-order valence-electron chi connectivity index (χ2n) is 3.52. The topological polar surface area (TPSA) is 29.9 Å². The van der Waals surface area contributed by atoms with Gasteiger partial charge in [-0.2, -0.15) is 16.9 Å². The summed E-state index contributed by atoms with van der Waals surface area (Å²) in [6, 6.07) is 0. The average Bonchev–Trinajstić information content (AvgIpc) is 2.72. The smallest absolute Gasteiger partial charge is 0.0538 e. The molecule has 0 aliphatic carbocycles. The number of nitrogens with one attached hydrogen (secondary N) is 1. The van der Waals surface area contributed by atoms with Crippen LogP contribution in [0.15, 0.2) is 19.0 Å². The zero-order valence-electron chi connectivity index (χ0n) is 9.44. The van der Waals surface area contributed by atoms with Gasteiger partial charge in [-0.25, -0.2) is 4.68 Å². The van der Waals surface area contributed by atoms with Crippen LogP contribution in [0.2, 0.25) is 0 Å². The molecule has 1 atom stereocenters. The predicted octanol–water partition coefficient (Wildman–Crippen LogP) is 2.21. The van der Waals surface area contributed by atoms with Crippen molar-refractivity contribution >= 4 is 18.0 Å². The number of nitrogens with zero attached hydrogens (tertiary/aromatic N) is 2. The van der Waals surface area contributed by atoms with Crippen molar-refractivity contribution in [1.29, 1.82) is 0 Å². The van der Waals surface area contributed by atoms with E-state index in [4.69, 9.17) is 0 Å². The van der Waals surface area contributed by atoms with Crippen molar-refractivity contribution in [3.8, 4) is 0 Å². The Labute approximate surface area is 95.9 Å². The number of aromatic nitrogens is 2. The van der Waals surface area contributed by atoms with Gasteiger partial charge in [-0.05, 0) is 19.2 Å². The van der Waals surface area contributed by atoms with Crippen molar-refractivity contribution in [2.45, 2.75) is 25.1 Å². The van der Waals surface area contributed by atoms with Crippen LogP contribution in [0.1, 0.15) is 18.9 Å². The lowest BCUT2D eigenvalue weighted by Crippen LogP contribution is -2.17. The van der Waals surface area contributed by atoms with Crippen LogP contribution in [-0.2, 0) is 6.54 Å². The molecule has 84 valence electrons. The summed E-state index contributed by atoms with van der Waals surface area (Å²) >= 11 is 1.91. The molecule has 1 aromatic heterocycles. The zero-order valence-corrected chi connectivity index (χ0v) is 10.3. The molecule has 1 heterocycles. The maximum absolute atomic E-state index is 4.12. The van der Waals surface area contributed by atoms with Gasteiger partial charge in [0, 0.05) is 29.8 Å². The molecule has 1 rings (SSSR count). The Balaban J connectivity index is 2.17. The molecule has 0 spiro atoms. The number of thioether (sulfide) groups is 1. The first-order valence-corrected chi connectivity index (χ1v) is 6.44. The molecular weight excluding hydrogens is 206 g/mol. The van der Waals surface area contributed by atoms with Gasteiger partial charge in [0.15, 0.2) is 0 Å². The van der Waals surface area contributed by atoms with E-state index in [1.54, 1.807) is 10.9 Å². The van der Waals surface area contributed by atoms with Crippen LogP contribution in [-0.4, -0.2) is 27.8 Å². The molecule has 1 unspecified atom stereocenters. The maximum atomic E-state index is 4.12. The van der Waals surface area contributed by atoms with Crippen molar-refractivity contribution in [2.24, 2.45) is 0 Å². The van der Waals surface area contributed by atoms with Crippen LogP contribution in [0.4, 0.5) is 0 Å². The largest absolute Gasteiger partial charge is 0.313 e. The summed E-state index contributed by atoms with van der Waals surface area (Å²) in [5.41, 5.74) is 1.20. The first-order valence-electron chi connectivity index (χ1n) is 5.15. The molecule has 0 aromatic carbocycles. The van der Waals surface area contributed by atoms with Crippen molar-refractivity contribution in [3.63, 3.8) is 0 Å². The molecule has 4 heteroatoms. The molecule has 3 nitrogen and oxygen atoms in total. The highest BCUT2D eigenvalue weighted by atomic mass is 32.2. The Morgan fingerprint density at radius 1 is 1.73 bits per heavy atom. The summed E-state index contributed by atoms with van der Waals surface area (Å²) in [4.78, 5) is 0. The van der Waals surface area contributed by atoms with E-state index in [-0.39, 0.29) is 0 Å². The van der Waals surface area contributed by atoms with Crippen molar-refractivity contribution in [2.75, 3.05) is 12.8 Å². The third kappa shape index (κ3) is 4.53. The van der Waals surface area contributed by atoms with Crippen molar-refractivity contribution in [1.82, 2.24) is 15.1 Å². The summed E-state index contributed by atoms with van der Waals surface area (Å²) in [6.45, 7) is 7.85. The lowest BCUT2D eigenvalue weighted by Gasteiger charge is -2.07. The highest BCUT2D eigenvalue weighted by Gasteiger charge is 1.99. The normalized spacial score (nSPS) is 12.7. The highest BCUT2D eigenvalue weighted by Crippen LogP contribution is 2.08. The lowest BCUT2D eigenvalue weighted by atomic mass is 10.3. The Hall–Kier alpha value is -0.740. The summed E-state index contributed by atoms with van der Waals surface area (Å²) in [7, 11) is 0. The van der Waals surface area contributed by atoms with Gasteiger partial charge in [0.25, 0.3) is 0 Å². The van der Waals surface area contributed by atoms with Gasteiger partial charge < -0.3 is 5.32 Å². The van der Waals surface area contributed by atoms with Crippen LogP contribution in [0.3, 0.4) is 0 Å². The molecule has 1 aromatic rings. The Kier molecular flexibility index (Phi) is 5.50. The van der Waals surface area contributed by atoms with Crippen LogP contribution in [0.25, 0.3) is 6.20 Å². The summed E-state index contributed by atoms with van der Waals surface area (Å²) in [5.74, 6) is 0. The van der Waals surface area contributed by atoms with E-state index < -0.39 is 0 Å². The van der Waals surface area contributed by atoms with Gasteiger partial charge in [0.05, 0.1) is 6.20 Å². The molecule has 0 aliphatic rings. The highest BCUT2D eigenvalue weighted by molar-refractivity contribution is 7.99. The summed E-state index contributed by atoms with van der Waals surface area (Å²) in [5, 5.41) is 8.25. The summed E-state index contributed by atoms with van der Waals surface area (Å²) < 4.78 is 1.72. The summed E-state index contributed by atoms with van der Waals surface area (Å²) in [6.07, 6.45) is 8.90. The fourth-order valence-corrected chi connectivity index (χ4v) is 1.58. The maximum Gasteiger partial charge on any atom is 0.0538 e. The molecule has 0 saturated heterocycles. The molecule has 15 heavy (non-hydrogen) atoms. The fourth-order valence-electron chi connectivity index (χ4n) is 1.22. The van der Waals surface area contributed by atoms with E-state index in [1.807, 2.05) is 24.2 Å². The van der Waals surface area contributed by atoms with Gasteiger partial charge in [-0.3, -0.25) is 0 Å². The molecule has 0 aliphatic heterocycles. The lowest BCUT2D eigenvalue weighted by molar-refractivity contribution is 0.648. The Bertz CT molecular complexity index is 296. The van der Waals surface area contributed by atoms with E-state index in [0.29, 0.717) is 0 Å². The molecule has 0 bridgehead atoms. The van der Waals surface area contributed by atoms with E-state index in [9.17, 15) is 0 Å². The number of hydrogen-bond acceptors (Lipinski definition) is 3. The van der Waals surface area contributed by atoms with Gasteiger partial charge >= 0.3 is 0 Å². The van der Waals surface area contributed by atoms with Gasteiger partial charge in [-0.15, -0.1) is 0 Å². The second kappa shape index (κ2) is 6.69. The second-order valence-corrected chi connectivity index (χ2v) is 4.80. The molecule has 0 saturated carbocycles. The minimum Gasteiger partial charge on any atom is -0.313 e. The first kappa shape index (κ1) is 12.3. The van der Waals surface area contributed by atoms with Gasteiger partial charge in [0.2, 0.25) is 0 Å². The van der Waals surface area contributed by atoms with Gasteiger partial charge in [0.1, 0.15) is 0 Å². The van der Waals surface area contributed by atoms with Crippen molar-refractivity contribution in [3.05, 3.63) is 24.5 Å². The average molecular weight is 225 g/mol. The van der Waals surface area contributed by atoms with Crippen LogP contribution in [0, 0.1) is 0 Å². The SMILES string of the molecule is C=Cn1cc(CNCCC(C)SC)cn1. The molecule has 0 radical (unpaired) electrons. The Morgan fingerprint density at radius 3 is 3.13 bits per heavy atom. The minimum absolute atomic E-state index is 0.730. The molecule has 0 fully saturated rings. The van der Waals surface area contributed by atoms with E-state index >= 15 is 0 Å². The predicted molar refractivity (Wildman–Crippen MR) is 67.9 cm³/mol. The third-order valence-corrected chi connectivity index (χ3v) is 3.34. The molecule has 0 amide bonds. The monoisotopic (exact) mass is 225 g/mol. The van der Waals surface area contributed by atoms with E-state index in [1.165, 1.54) is 12.0 Å². The quantitative estimate of drug-likeness (QED) is 0.722. The standard InChI is InChI=1S/C11H19N3S/c1-4-14-9-11(8-13-14)7-12-6-5-10(2)15-3/h4,8-10,12H,1,5-7H2,2-3H3. The third-order valence-electron chi connectivity index (χ3n) is 2.30. The van der Waals surface area contributed by atoms with Gasteiger partial charge in [-0.1, -0.05) is 13.5 Å². The Morgan fingerprint density at radius 2 is 2.53 bits per heavy atom. The number of rotatable bonds is 7. The van der Waals surface area contributed by atoms with Crippen LogP contribution < -0.4 is 5.32 Å². The molecule has 1 N–H and O–H groups in total. The first-order chi connectivity index (χ1) is 7.26. The fraction of sp³-hybridized carbons (Fsp3) is 0.545. The van der Waals surface area contributed by atoms with Crippen molar-refractivity contribution < 1.29 is 0 Å². The number of hydrogen-bond donors (Lipinski definition) is 1. The van der Waals surface area contributed by atoms with E-state index in [0.717, 1.165) is 18.3 Å². The minimum atomic E-state index is 0.730. The van der Waals surface area contributed by atoms with E-state index in [2.05, 4.69) is 30.2 Å².